The fourth-order valence-corrected chi connectivity index (χ4v) is 8.56. The molecule has 1 amide bonds. The number of hydrogen-bond donors (Lipinski definition) is 9. The van der Waals surface area contributed by atoms with E-state index in [9.17, 15) is 50.0 Å². The minimum atomic E-state index is -5.14. The fourth-order valence-electron chi connectivity index (χ4n) is 7.59. The summed E-state index contributed by atoms with van der Waals surface area (Å²) in [6, 6.07) is -1.25. The van der Waals surface area contributed by atoms with Gasteiger partial charge in [-0.1, -0.05) is 173 Å². The van der Waals surface area contributed by atoms with Crippen LogP contribution in [-0.4, -0.2) is 108 Å². The van der Waals surface area contributed by atoms with E-state index in [2.05, 4.69) is 31.3 Å². The highest BCUT2D eigenvalue weighted by molar-refractivity contribution is 7.47. The molecule has 13 nitrogen and oxygen atoms in total. The van der Waals surface area contributed by atoms with Crippen molar-refractivity contribution in [2.24, 2.45) is 0 Å². The van der Waals surface area contributed by atoms with Gasteiger partial charge in [0, 0.05) is 0 Å². The Morgan fingerprint density at radius 3 is 1.42 bits per heavy atom. The molecule has 0 aromatic carbocycles. The van der Waals surface area contributed by atoms with E-state index in [4.69, 9.17) is 9.05 Å². The van der Waals surface area contributed by atoms with Crippen molar-refractivity contribution in [3.63, 3.8) is 0 Å². The molecule has 354 valence electrons. The molecule has 1 aliphatic rings. The monoisotopic (exact) mass is 878 g/mol. The number of carbonyl (C=O) groups excluding carboxylic acids is 1. The Balaban J connectivity index is 2.54. The van der Waals surface area contributed by atoms with Crippen molar-refractivity contribution in [2.45, 2.75) is 255 Å². The Kier molecular flexibility index (Phi) is 34.2. The third-order valence-electron chi connectivity index (χ3n) is 11.5. The number of unbranched alkanes of at least 4 members (excludes halogenated alkanes) is 24. The highest BCUT2D eigenvalue weighted by Gasteiger charge is 2.51. The van der Waals surface area contributed by atoms with Crippen LogP contribution in [0.25, 0.3) is 0 Å². The second-order valence-corrected chi connectivity index (χ2v) is 18.5. The lowest BCUT2D eigenvalue weighted by atomic mass is 9.85. The second-order valence-electron chi connectivity index (χ2n) is 17.1. The number of carbonyl (C=O) groups is 1. The summed E-state index contributed by atoms with van der Waals surface area (Å²) in [5, 5.41) is 74.4. The number of amides is 1. The van der Waals surface area contributed by atoms with Crippen molar-refractivity contribution in [3.05, 3.63) is 24.3 Å². The minimum Gasteiger partial charge on any atom is -0.393 e. The van der Waals surface area contributed by atoms with Crippen molar-refractivity contribution in [3.8, 4) is 0 Å². The van der Waals surface area contributed by atoms with Gasteiger partial charge in [-0.3, -0.25) is 13.8 Å². The normalized spacial score (nSPS) is 23.6. The Hall–Kier alpha value is -1.22. The summed E-state index contributed by atoms with van der Waals surface area (Å²) in [6.45, 7) is 3.72. The van der Waals surface area contributed by atoms with Gasteiger partial charge in [0.1, 0.15) is 36.6 Å². The van der Waals surface area contributed by atoms with Crippen molar-refractivity contribution in [1.29, 1.82) is 0 Å². The summed E-state index contributed by atoms with van der Waals surface area (Å²) in [5.74, 6) is -0.609. The summed E-state index contributed by atoms with van der Waals surface area (Å²) >= 11 is 0. The molecule has 0 aromatic heterocycles. The van der Waals surface area contributed by atoms with Crippen LogP contribution < -0.4 is 5.32 Å². The molecule has 8 unspecified atom stereocenters. The molecule has 0 bridgehead atoms. The first kappa shape index (κ1) is 56.8. The predicted octanol–water partition coefficient (Wildman–Crippen LogP) is 7.98. The second kappa shape index (κ2) is 36.2. The summed E-state index contributed by atoms with van der Waals surface area (Å²) < 4.78 is 22.9. The average Bonchev–Trinajstić information content (AvgIpc) is 3.22. The summed E-state index contributed by atoms with van der Waals surface area (Å²) in [5.41, 5.74) is 0. The molecule has 0 radical (unpaired) electrons. The molecule has 14 heteroatoms. The molecule has 1 aliphatic carbocycles. The summed E-state index contributed by atoms with van der Waals surface area (Å²) in [6.07, 6.45) is 25.6. The largest absolute Gasteiger partial charge is 0.472 e. The highest BCUT2D eigenvalue weighted by atomic mass is 31.2. The van der Waals surface area contributed by atoms with Crippen LogP contribution in [0.1, 0.15) is 200 Å². The number of allylic oxidation sites excluding steroid dienone is 3. The SMILES string of the molecule is CCCCCCCC/C=C\CCCC(O)CC(=O)NC(COP(=O)(O)OC1C(O)C(O)C(O)C(O)C1O)C(O)/C=C/CCCCCCCCCCCCCCCCCCC. The zero-order valence-corrected chi connectivity index (χ0v) is 38.3. The lowest BCUT2D eigenvalue weighted by Crippen LogP contribution is -2.64. The van der Waals surface area contributed by atoms with Gasteiger partial charge >= 0.3 is 7.82 Å². The first-order valence-corrected chi connectivity index (χ1v) is 25.4. The van der Waals surface area contributed by atoms with Gasteiger partial charge < -0.3 is 46.0 Å². The molecule has 0 aromatic rings. The standard InChI is InChI=1S/C46H88NO12P/c1-3-5-7-9-11-13-15-16-17-18-19-20-21-22-24-26-28-30-32-34-39(49)38(36-58-60(56,57)59-46-44(54)42(52)41(51)43(53)45(46)55)47-40(50)35-37(48)33-31-29-27-25-23-14-12-10-8-6-4-2/h25,27,32,34,37-39,41-46,48-49,51-55H,3-24,26,28-31,33,35-36H2,1-2H3,(H,47,50)(H,56,57)/b27-25-,34-32+. The first-order valence-electron chi connectivity index (χ1n) is 23.9. The average molecular weight is 878 g/mol. The maximum Gasteiger partial charge on any atom is 0.472 e. The molecule has 0 heterocycles. The topological polar surface area (TPSA) is 226 Å². The van der Waals surface area contributed by atoms with Crippen molar-refractivity contribution in [1.82, 2.24) is 5.32 Å². The smallest absolute Gasteiger partial charge is 0.393 e. The van der Waals surface area contributed by atoms with Crippen LogP contribution >= 0.6 is 7.82 Å². The Morgan fingerprint density at radius 1 is 0.583 bits per heavy atom. The number of rotatable bonds is 39. The van der Waals surface area contributed by atoms with E-state index in [1.807, 2.05) is 0 Å². The van der Waals surface area contributed by atoms with Gasteiger partial charge in [-0.2, -0.15) is 0 Å². The van der Waals surface area contributed by atoms with Gasteiger partial charge in [0.25, 0.3) is 0 Å². The van der Waals surface area contributed by atoms with Gasteiger partial charge in [0.2, 0.25) is 5.91 Å². The van der Waals surface area contributed by atoms with Crippen LogP contribution in [0.15, 0.2) is 24.3 Å². The number of phosphoric acid groups is 1. The third-order valence-corrected chi connectivity index (χ3v) is 12.5. The van der Waals surface area contributed by atoms with E-state index >= 15 is 0 Å². The maximum atomic E-state index is 13.0. The number of nitrogens with one attached hydrogen (secondary N) is 1. The Morgan fingerprint density at radius 2 is 0.967 bits per heavy atom. The van der Waals surface area contributed by atoms with Crippen molar-refractivity contribution < 1.29 is 59.0 Å². The first-order chi connectivity index (χ1) is 28.8. The van der Waals surface area contributed by atoms with Crippen LogP contribution in [0.4, 0.5) is 0 Å². The summed E-state index contributed by atoms with van der Waals surface area (Å²) in [4.78, 5) is 23.4. The summed E-state index contributed by atoms with van der Waals surface area (Å²) in [7, 11) is -5.14. The number of aliphatic hydroxyl groups excluding tert-OH is 7. The van der Waals surface area contributed by atoms with Gasteiger partial charge in [-0.15, -0.1) is 0 Å². The van der Waals surface area contributed by atoms with E-state index in [0.717, 1.165) is 38.5 Å². The van der Waals surface area contributed by atoms with E-state index in [0.29, 0.717) is 19.3 Å². The quantitative estimate of drug-likeness (QED) is 0.0163. The molecule has 8 atom stereocenters. The highest BCUT2D eigenvalue weighted by Crippen LogP contribution is 2.47. The predicted molar refractivity (Wildman–Crippen MR) is 238 cm³/mol. The molecule has 1 fully saturated rings. The van der Waals surface area contributed by atoms with E-state index in [-0.39, 0.29) is 6.42 Å². The molecular weight excluding hydrogens is 789 g/mol. The molecule has 0 spiro atoms. The number of phosphoric ester groups is 1. The van der Waals surface area contributed by atoms with Crippen LogP contribution in [0.5, 0.6) is 0 Å². The van der Waals surface area contributed by atoms with Crippen molar-refractivity contribution in [2.75, 3.05) is 6.61 Å². The number of hydrogen-bond acceptors (Lipinski definition) is 11. The van der Waals surface area contributed by atoms with Crippen LogP contribution in [0.2, 0.25) is 0 Å². The molecule has 0 aliphatic heterocycles. The van der Waals surface area contributed by atoms with E-state index in [1.165, 1.54) is 128 Å². The third kappa shape index (κ3) is 27.8. The van der Waals surface area contributed by atoms with E-state index < -0.39 is 75.2 Å². The van der Waals surface area contributed by atoms with Gasteiger partial charge in [0.05, 0.1) is 31.3 Å². The van der Waals surface area contributed by atoms with Crippen LogP contribution in [-0.2, 0) is 18.4 Å². The fraction of sp³-hybridized carbons (Fsp3) is 0.891. The lowest BCUT2D eigenvalue weighted by molar-refractivity contribution is -0.220. The molecule has 9 N–H and O–H groups in total. The lowest BCUT2D eigenvalue weighted by Gasteiger charge is -2.41. The Bertz CT molecular complexity index is 1130. The van der Waals surface area contributed by atoms with Gasteiger partial charge in [-0.05, 0) is 44.9 Å². The minimum absolute atomic E-state index is 0.264. The zero-order chi connectivity index (χ0) is 44.4. The van der Waals surface area contributed by atoms with Crippen LogP contribution in [0.3, 0.4) is 0 Å². The van der Waals surface area contributed by atoms with E-state index in [1.54, 1.807) is 6.08 Å². The molecule has 60 heavy (non-hydrogen) atoms. The maximum absolute atomic E-state index is 13.0. The van der Waals surface area contributed by atoms with Crippen molar-refractivity contribution >= 4 is 13.7 Å². The van der Waals surface area contributed by atoms with Crippen LogP contribution in [0, 0.1) is 0 Å². The van der Waals surface area contributed by atoms with Gasteiger partial charge in [-0.25, -0.2) is 4.57 Å². The van der Waals surface area contributed by atoms with Gasteiger partial charge in [0.15, 0.2) is 0 Å². The Labute approximate surface area is 363 Å². The number of aliphatic hydroxyl groups is 7. The molecular formula is C46H88NO12P. The zero-order valence-electron chi connectivity index (χ0n) is 37.4. The molecule has 1 rings (SSSR count). The molecule has 0 saturated heterocycles. The molecule has 1 saturated carbocycles.